The predicted octanol–water partition coefficient (Wildman–Crippen LogP) is 1.80. The maximum absolute atomic E-state index is 11.7. The van der Waals surface area contributed by atoms with Crippen LogP contribution in [-0.2, 0) is 16.0 Å². The van der Waals surface area contributed by atoms with Crippen molar-refractivity contribution >= 4 is 44.7 Å². The minimum atomic E-state index is -0.239. The minimum Gasteiger partial charge on any atom is -0.354 e. The van der Waals surface area contributed by atoms with Crippen LogP contribution in [0, 0.1) is 0 Å². The third kappa shape index (κ3) is 4.08. The first-order chi connectivity index (χ1) is 9.56. The Morgan fingerprint density at radius 2 is 2.00 bits per heavy atom. The number of nitrogens with zero attached hydrogens (tertiary/aromatic N) is 1. The number of nitrogens with one attached hydrogen (secondary N) is 1. The van der Waals surface area contributed by atoms with Gasteiger partial charge in [0.05, 0.1) is 12.2 Å². The van der Waals surface area contributed by atoms with Crippen LogP contribution < -0.4 is 5.32 Å². The van der Waals surface area contributed by atoms with Crippen molar-refractivity contribution in [3.8, 4) is 0 Å². The van der Waals surface area contributed by atoms with E-state index in [2.05, 4.69) is 21.2 Å². The highest BCUT2D eigenvalue weighted by Gasteiger charge is 2.29. The van der Waals surface area contributed by atoms with E-state index in [1.807, 2.05) is 24.3 Å². The Bertz CT molecular complexity index is 517. The van der Waals surface area contributed by atoms with Crippen LogP contribution >= 0.6 is 27.7 Å². The minimum absolute atomic E-state index is 0.126. The Kier molecular flexibility index (Phi) is 5.19. The molecule has 0 aromatic heterocycles. The maximum atomic E-state index is 11.7. The second-order valence-electron chi connectivity index (χ2n) is 4.25. The molecule has 1 aliphatic heterocycles. The normalized spacial score (nSPS) is 14.8. The number of imide groups is 1. The molecule has 1 N–H and O–H groups in total. The van der Waals surface area contributed by atoms with Crippen molar-refractivity contribution in [2.24, 2.45) is 0 Å². The molecule has 3 amide bonds. The average Bonchev–Trinajstić information content (AvgIpc) is 2.73. The van der Waals surface area contributed by atoms with Gasteiger partial charge in [0, 0.05) is 17.6 Å². The third-order valence-electron chi connectivity index (χ3n) is 2.78. The van der Waals surface area contributed by atoms with E-state index >= 15 is 0 Å². The summed E-state index contributed by atoms with van der Waals surface area (Å²) in [5.74, 6) is -0.118. The first-order valence-corrected chi connectivity index (χ1v) is 7.82. The van der Waals surface area contributed by atoms with E-state index < -0.39 is 0 Å². The van der Waals surface area contributed by atoms with Crippen LogP contribution in [0.25, 0.3) is 0 Å². The average molecular weight is 357 g/mol. The van der Waals surface area contributed by atoms with Crippen molar-refractivity contribution in [1.29, 1.82) is 0 Å². The Labute approximate surface area is 129 Å². The summed E-state index contributed by atoms with van der Waals surface area (Å²) in [7, 11) is 0. The van der Waals surface area contributed by atoms with Crippen LogP contribution in [0.4, 0.5) is 4.79 Å². The molecule has 20 heavy (non-hydrogen) atoms. The highest BCUT2D eigenvalue weighted by molar-refractivity contribution is 9.10. The number of hydrogen-bond acceptors (Lipinski definition) is 4. The topological polar surface area (TPSA) is 66.5 Å². The Morgan fingerprint density at radius 1 is 1.30 bits per heavy atom. The molecular weight excluding hydrogens is 344 g/mol. The van der Waals surface area contributed by atoms with Crippen molar-refractivity contribution < 1.29 is 14.4 Å². The van der Waals surface area contributed by atoms with Gasteiger partial charge < -0.3 is 5.32 Å². The largest absolute Gasteiger partial charge is 0.354 e. The summed E-state index contributed by atoms with van der Waals surface area (Å²) in [5, 5.41) is 2.47. The standard InChI is InChI=1S/C13H13BrN2O3S/c14-10-3-1-9(2-4-10)7-11(17)15-5-6-16-12(18)8-20-13(16)19/h1-4H,5-8H2,(H,15,17). The summed E-state index contributed by atoms with van der Waals surface area (Å²) >= 11 is 4.33. The molecule has 0 atom stereocenters. The van der Waals surface area contributed by atoms with E-state index in [0.717, 1.165) is 21.8 Å². The molecule has 0 aliphatic carbocycles. The van der Waals surface area contributed by atoms with Gasteiger partial charge in [0.25, 0.3) is 5.24 Å². The number of amides is 3. The highest BCUT2D eigenvalue weighted by atomic mass is 79.9. The van der Waals surface area contributed by atoms with E-state index in [0.29, 0.717) is 0 Å². The highest BCUT2D eigenvalue weighted by Crippen LogP contribution is 2.17. The fourth-order valence-electron chi connectivity index (χ4n) is 1.75. The van der Waals surface area contributed by atoms with Gasteiger partial charge in [0.2, 0.25) is 11.8 Å². The zero-order valence-corrected chi connectivity index (χ0v) is 13.0. The van der Waals surface area contributed by atoms with Crippen LogP contribution in [0.1, 0.15) is 5.56 Å². The molecule has 1 aliphatic rings. The number of carbonyl (C=O) groups excluding carboxylic acids is 3. The molecule has 1 saturated heterocycles. The van der Waals surface area contributed by atoms with Crippen LogP contribution in [0.2, 0.25) is 0 Å². The first kappa shape index (κ1) is 15.1. The van der Waals surface area contributed by atoms with Gasteiger partial charge in [-0.1, -0.05) is 39.8 Å². The van der Waals surface area contributed by atoms with E-state index in [-0.39, 0.29) is 42.3 Å². The van der Waals surface area contributed by atoms with Gasteiger partial charge in [-0.3, -0.25) is 19.3 Å². The van der Waals surface area contributed by atoms with Crippen molar-refractivity contribution in [2.75, 3.05) is 18.8 Å². The third-order valence-corrected chi connectivity index (χ3v) is 4.16. The molecule has 0 saturated carbocycles. The lowest BCUT2D eigenvalue weighted by Gasteiger charge is -2.13. The monoisotopic (exact) mass is 356 g/mol. The fraction of sp³-hybridized carbons (Fsp3) is 0.308. The van der Waals surface area contributed by atoms with Crippen LogP contribution in [-0.4, -0.2) is 40.8 Å². The van der Waals surface area contributed by atoms with Gasteiger partial charge in [-0.15, -0.1) is 0 Å². The number of carbonyl (C=O) groups is 3. The number of rotatable bonds is 5. The molecule has 1 fully saturated rings. The lowest BCUT2D eigenvalue weighted by molar-refractivity contribution is -0.125. The van der Waals surface area contributed by atoms with Crippen LogP contribution in [0.3, 0.4) is 0 Å². The lowest BCUT2D eigenvalue weighted by Crippen LogP contribution is -2.37. The van der Waals surface area contributed by atoms with Crippen LogP contribution in [0.15, 0.2) is 28.7 Å². The summed E-state index contributed by atoms with van der Waals surface area (Å²) in [4.78, 5) is 35.6. The van der Waals surface area contributed by atoms with Gasteiger partial charge in [0.15, 0.2) is 0 Å². The molecule has 0 radical (unpaired) electrons. The van der Waals surface area contributed by atoms with Crippen molar-refractivity contribution in [2.45, 2.75) is 6.42 Å². The lowest BCUT2D eigenvalue weighted by atomic mass is 10.1. The van der Waals surface area contributed by atoms with Gasteiger partial charge in [-0.05, 0) is 17.7 Å². The van der Waals surface area contributed by atoms with E-state index in [1.165, 1.54) is 4.90 Å². The van der Waals surface area contributed by atoms with E-state index in [1.54, 1.807) is 0 Å². The summed E-state index contributed by atoms with van der Waals surface area (Å²) in [6.45, 7) is 0.518. The predicted molar refractivity (Wildman–Crippen MR) is 80.4 cm³/mol. The summed E-state index contributed by atoms with van der Waals surface area (Å²) in [5.41, 5.74) is 0.912. The van der Waals surface area contributed by atoms with E-state index in [4.69, 9.17) is 0 Å². The summed E-state index contributed by atoms with van der Waals surface area (Å²) in [6, 6.07) is 7.49. The molecule has 0 bridgehead atoms. The summed E-state index contributed by atoms with van der Waals surface area (Å²) in [6.07, 6.45) is 0.282. The smallest absolute Gasteiger partial charge is 0.288 e. The Balaban J connectivity index is 1.74. The Morgan fingerprint density at radius 3 is 2.60 bits per heavy atom. The molecule has 2 rings (SSSR count). The maximum Gasteiger partial charge on any atom is 0.288 e. The van der Waals surface area contributed by atoms with Crippen LogP contribution in [0.5, 0.6) is 0 Å². The molecule has 0 unspecified atom stereocenters. The molecule has 7 heteroatoms. The molecule has 106 valence electrons. The molecule has 1 aromatic rings. The van der Waals surface area contributed by atoms with Gasteiger partial charge in [0.1, 0.15) is 0 Å². The van der Waals surface area contributed by atoms with E-state index in [9.17, 15) is 14.4 Å². The van der Waals surface area contributed by atoms with Gasteiger partial charge in [-0.25, -0.2) is 0 Å². The van der Waals surface area contributed by atoms with Gasteiger partial charge in [-0.2, -0.15) is 0 Å². The van der Waals surface area contributed by atoms with Crippen molar-refractivity contribution in [3.63, 3.8) is 0 Å². The second kappa shape index (κ2) is 6.90. The number of thioether (sulfide) groups is 1. The zero-order chi connectivity index (χ0) is 14.5. The molecule has 1 heterocycles. The van der Waals surface area contributed by atoms with Gasteiger partial charge >= 0.3 is 0 Å². The number of halogens is 1. The Hall–Kier alpha value is -1.34. The molecular formula is C13H13BrN2O3S. The summed E-state index contributed by atoms with van der Waals surface area (Å²) < 4.78 is 0.963. The molecule has 1 aromatic carbocycles. The molecule has 0 spiro atoms. The quantitative estimate of drug-likeness (QED) is 0.873. The van der Waals surface area contributed by atoms with Crippen molar-refractivity contribution in [1.82, 2.24) is 10.2 Å². The zero-order valence-electron chi connectivity index (χ0n) is 10.6. The van der Waals surface area contributed by atoms with Crippen molar-refractivity contribution in [3.05, 3.63) is 34.3 Å². The molecule has 5 nitrogen and oxygen atoms in total. The first-order valence-electron chi connectivity index (χ1n) is 6.04. The number of benzene rings is 1. The fourth-order valence-corrected chi connectivity index (χ4v) is 2.77. The second-order valence-corrected chi connectivity index (χ2v) is 6.10. The SMILES string of the molecule is O=C(Cc1ccc(Br)cc1)NCCN1C(=O)CSC1=O. The number of hydrogen-bond donors (Lipinski definition) is 1.